The Morgan fingerprint density at radius 2 is 2.20 bits per heavy atom. The van der Waals surface area contributed by atoms with Crippen molar-refractivity contribution >= 4 is 16.7 Å². The molecule has 0 atom stereocenters. The van der Waals surface area contributed by atoms with Gasteiger partial charge in [-0.2, -0.15) is 0 Å². The van der Waals surface area contributed by atoms with Gasteiger partial charge in [-0.3, -0.25) is 4.98 Å². The van der Waals surface area contributed by atoms with E-state index in [1.165, 1.54) is 6.20 Å². The van der Waals surface area contributed by atoms with Gasteiger partial charge in [0.05, 0.1) is 12.1 Å². The molecule has 0 amide bonds. The molecular weight excluding hydrogens is 193 g/mol. The van der Waals surface area contributed by atoms with Crippen LogP contribution in [0.1, 0.15) is 5.56 Å². The highest BCUT2D eigenvalue weighted by molar-refractivity contribution is 5.81. The second-order valence-corrected chi connectivity index (χ2v) is 3.15. The van der Waals surface area contributed by atoms with Gasteiger partial charge in [0.1, 0.15) is 5.83 Å². The number of para-hydroxylation sites is 1. The third kappa shape index (κ3) is 2.02. The molecule has 2 rings (SSSR count). The van der Waals surface area contributed by atoms with Crippen LogP contribution in [0.3, 0.4) is 0 Å². The molecule has 0 spiro atoms. The summed E-state index contributed by atoms with van der Waals surface area (Å²) in [6.07, 6.45) is 2.58. The summed E-state index contributed by atoms with van der Waals surface area (Å²) in [7, 11) is 0. The number of halogens is 1. The average molecular weight is 203 g/mol. The number of rotatable bonds is 2. The molecule has 1 heterocycles. The highest BCUT2D eigenvalue weighted by Crippen LogP contribution is 2.19. The number of benzene rings is 1. The molecule has 0 radical (unpaired) electrons. The van der Waals surface area contributed by atoms with E-state index in [1.54, 1.807) is 6.07 Å². The number of pyridine rings is 1. The zero-order valence-corrected chi connectivity index (χ0v) is 8.02. The molecule has 2 aromatic rings. The molecule has 0 aliphatic rings. The quantitative estimate of drug-likeness (QED) is 0.813. The van der Waals surface area contributed by atoms with Crippen molar-refractivity contribution in [3.05, 3.63) is 48.2 Å². The SMILES string of the molecule is OC/C=C(/F)c1cnc2ccccc2c1. The smallest absolute Gasteiger partial charge is 0.130 e. The van der Waals surface area contributed by atoms with Gasteiger partial charge in [0.25, 0.3) is 0 Å². The Kier molecular flexibility index (Phi) is 2.74. The topological polar surface area (TPSA) is 33.1 Å². The van der Waals surface area contributed by atoms with Crippen molar-refractivity contribution in [2.45, 2.75) is 0 Å². The van der Waals surface area contributed by atoms with Crippen molar-refractivity contribution in [3.8, 4) is 0 Å². The van der Waals surface area contributed by atoms with E-state index in [2.05, 4.69) is 4.98 Å². The first kappa shape index (κ1) is 9.80. The van der Waals surface area contributed by atoms with Crippen LogP contribution in [0.15, 0.2) is 42.6 Å². The fourth-order valence-electron chi connectivity index (χ4n) is 1.40. The van der Waals surface area contributed by atoms with Crippen LogP contribution in [0.2, 0.25) is 0 Å². The molecule has 1 aromatic heterocycles. The monoisotopic (exact) mass is 203 g/mol. The molecule has 0 saturated carbocycles. The van der Waals surface area contributed by atoms with E-state index in [-0.39, 0.29) is 6.61 Å². The zero-order chi connectivity index (χ0) is 10.7. The maximum Gasteiger partial charge on any atom is 0.130 e. The molecule has 3 heteroatoms. The summed E-state index contributed by atoms with van der Waals surface area (Å²) in [4.78, 5) is 4.12. The number of hydrogen-bond acceptors (Lipinski definition) is 2. The Morgan fingerprint density at radius 3 is 3.00 bits per heavy atom. The minimum absolute atomic E-state index is 0.307. The Balaban J connectivity index is 2.51. The lowest BCUT2D eigenvalue weighted by molar-refractivity contribution is 0.342. The van der Waals surface area contributed by atoms with Crippen LogP contribution < -0.4 is 0 Å². The van der Waals surface area contributed by atoms with Crippen LogP contribution in [-0.4, -0.2) is 16.7 Å². The molecular formula is C12H10FNO. The van der Waals surface area contributed by atoms with E-state index in [1.807, 2.05) is 24.3 Å². The molecule has 0 fully saturated rings. The van der Waals surface area contributed by atoms with Crippen LogP contribution in [0.5, 0.6) is 0 Å². The highest BCUT2D eigenvalue weighted by atomic mass is 19.1. The van der Waals surface area contributed by atoms with Crippen molar-refractivity contribution in [2.24, 2.45) is 0 Å². The Labute approximate surface area is 86.7 Å². The Morgan fingerprint density at radius 1 is 1.40 bits per heavy atom. The average Bonchev–Trinajstić information content (AvgIpc) is 2.29. The van der Waals surface area contributed by atoms with Gasteiger partial charge in [-0.05, 0) is 18.2 Å². The second-order valence-electron chi connectivity index (χ2n) is 3.15. The lowest BCUT2D eigenvalue weighted by Crippen LogP contribution is -1.85. The summed E-state index contributed by atoms with van der Waals surface area (Å²) < 4.78 is 13.3. The Hall–Kier alpha value is -1.74. The molecule has 0 unspecified atom stereocenters. The van der Waals surface area contributed by atoms with Crippen LogP contribution in [0.25, 0.3) is 16.7 Å². The van der Waals surface area contributed by atoms with Gasteiger partial charge in [-0.15, -0.1) is 0 Å². The standard InChI is InChI=1S/C12H10FNO/c13-11(5-6-15)10-7-9-3-1-2-4-12(9)14-8-10/h1-5,7-8,15H,6H2/b11-5+. The van der Waals surface area contributed by atoms with Gasteiger partial charge in [-0.25, -0.2) is 4.39 Å². The number of aliphatic hydroxyl groups is 1. The van der Waals surface area contributed by atoms with Crippen LogP contribution in [0.4, 0.5) is 4.39 Å². The van der Waals surface area contributed by atoms with Gasteiger partial charge in [0, 0.05) is 17.1 Å². The van der Waals surface area contributed by atoms with Gasteiger partial charge in [0.15, 0.2) is 0 Å². The summed E-state index contributed by atoms with van der Waals surface area (Å²) >= 11 is 0. The predicted molar refractivity (Wildman–Crippen MR) is 57.9 cm³/mol. The van der Waals surface area contributed by atoms with E-state index >= 15 is 0 Å². The van der Waals surface area contributed by atoms with E-state index in [0.29, 0.717) is 5.56 Å². The molecule has 76 valence electrons. The van der Waals surface area contributed by atoms with E-state index < -0.39 is 5.83 Å². The maximum absolute atomic E-state index is 13.3. The highest BCUT2D eigenvalue weighted by Gasteiger charge is 2.01. The predicted octanol–water partition coefficient (Wildman–Crippen LogP) is 2.54. The third-order valence-corrected chi connectivity index (χ3v) is 2.14. The fraction of sp³-hybridized carbons (Fsp3) is 0.0833. The van der Waals surface area contributed by atoms with Crippen LogP contribution >= 0.6 is 0 Å². The minimum Gasteiger partial charge on any atom is -0.392 e. The van der Waals surface area contributed by atoms with Crippen LogP contribution in [0, 0.1) is 0 Å². The summed E-state index contributed by atoms with van der Waals surface area (Å²) in [6, 6.07) is 9.21. The number of hydrogen-bond donors (Lipinski definition) is 1. The maximum atomic E-state index is 13.3. The zero-order valence-electron chi connectivity index (χ0n) is 8.02. The molecule has 15 heavy (non-hydrogen) atoms. The van der Waals surface area contributed by atoms with Crippen molar-refractivity contribution in [3.63, 3.8) is 0 Å². The third-order valence-electron chi connectivity index (χ3n) is 2.14. The second kappa shape index (κ2) is 4.19. The lowest BCUT2D eigenvalue weighted by atomic mass is 10.1. The lowest BCUT2D eigenvalue weighted by Gasteiger charge is -2.00. The van der Waals surface area contributed by atoms with Crippen molar-refractivity contribution in [1.29, 1.82) is 0 Å². The minimum atomic E-state index is -0.448. The number of nitrogens with zero attached hydrogens (tertiary/aromatic N) is 1. The summed E-state index contributed by atoms with van der Waals surface area (Å²) in [5.41, 5.74) is 1.22. The largest absolute Gasteiger partial charge is 0.392 e. The Bertz CT molecular complexity index is 508. The number of aromatic nitrogens is 1. The first-order valence-electron chi connectivity index (χ1n) is 4.63. The van der Waals surface area contributed by atoms with Crippen LogP contribution in [-0.2, 0) is 0 Å². The molecule has 1 aromatic carbocycles. The van der Waals surface area contributed by atoms with Crippen molar-refractivity contribution in [2.75, 3.05) is 6.61 Å². The van der Waals surface area contributed by atoms with Gasteiger partial charge >= 0.3 is 0 Å². The number of fused-ring (bicyclic) bond motifs is 1. The summed E-state index contributed by atoms with van der Waals surface area (Å²) in [6.45, 7) is -0.307. The summed E-state index contributed by atoms with van der Waals surface area (Å²) in [5.74, 6) is -0.448. The first-order valence-corrected chi connectivity index (χ1v) is 4.63. The fourth-order valence-corrected chi connectivity index (χ4v) is 1.40. The van der Waals surface area contributed by atoms with E-state index in [9.17, 15) is 4.39 Å². The van der Waals surface area contributed by atoms with Gasteiger partial charge < -0.3 is 5.11 Å². The van der Waals surface area contributed by atoms with E-state index in [4.69, 9.17) is 5.11 Å². The normalized spacial score (nSPS) is 12.0. The first-order chi connectivity index (χ1) is 7.31. The summed E-state index contributed by atoms with van der Waals surface area (Å²) in [5, 5.41) is 9.46. The molecule has 0 aliphatic carbocycles. The molecule has 1 N–H and O–H groups in total. The van der Waals surface area contributed by atoms with Gasteiger partial charge in [-0.1, -0.05) is 18.2 Å². The van der Waals surface area contributed by atoms with Gasteiger partial charge in [0.2, 0.25) is 0 Å². The number of aliphatic hydroxyl groups excluding tert-OH is 1. The molecule has 2 nitrogen and oxygen atoms in total. The molecule has 0 saturated heterocycles. The molecule has 0 bridgehead atoms. The van der Waals surface area contributed by atoms with Crippen molar-refractivity contribution < 1.29 is 9.50 Å². The van der Waals surface area contributed by atoms with E-state index in [0.717, 1.165) is 17.0 Å². The van der Waals surface area contributed by atoms with Crippen molar-refractivity contribution in [1.82, 2.24) is 4.98 Å². The molecule has 0 aliphatic heterocycles.